The minimum Gasteiger partial charge on any atom is -0.481 e. The molecule has 0 saturated carbocycles. The Morgan fingerprint density at radius 3 is 2.17 bits per heavy atom. The summed E-state index contributed by atoms with van der Waals surface area (Å²) < 4.78 is 0. The third-order valence-electron chi connectivity index (χ3n) is 1.45. The standard InChI is InChI=1S/C8H12O4/c1-2-3-4-5-6(7(9)10)8(11)12/h2-3,6H,4-5H2,1H3,(H,9,10)(H,11,12). The van der Waals surface area contributed by atoms with Gasteiger partial charge in [-0.05, 0) is 19.8 Å². The molecule has 2 N–H and O–H groups in total. The lowest BCUT2D eigenvalue weighted by molar-refractivity contribution is -0.154. The van der Waals surface area contributed by atoms with Gasteiger partial charge in [-0.1, -0.05) is 12.2 Å². The number of carboxylic acids is 2. The minimum absolute atomic E-state index is 0.148. The average Bonchev–Trinajstić information content (AvgIpc) is 1.96. The zero-order chi connectivity index (χ0) is 9.56. The Kier molecular flexibility index (Phi) is 4.76. The van der Waals surface area contributed by atoms with Gasteiger partial charge >= 0.3 is 11.9 Å². The van der Waals surface area contributed by atoms with Crippen molar-refractivity contribution in [3.8, 4) is 0 Å². The molecule has 0 aliphatic heterocycles. The van der Waals surface area contributed by atoms with Crippen molar-refractivity contribution in [1.82, 2.24) is 0 Å². The molecular weight excluding hydrogens is 160 g/mol. The molecule has 0 aliphatic carbocycles. The van der Waals surface area contributed by atoms with E-state index in [1.54, 1.807) is 19.1 Å². The number of carboxylic acid groups (broad SMARTS) is 2. The zero-order valence-electron chi connectivity index (χ0n) is 6.86. The second-order valence-corrected chi connectivity index (χ2v) is 2.38. The molecule has 12 heavy (non-hydrogen) atoms. The molecule has 4 heteroatoms. The van der Waals surface area contributed by atoms with Gasteiger partial charge in [-0.25, -0.2) is 0 Å². The number of hydrogen-bond donors (Lipinski definition) is 2. The molecule has 0 aromatic rings. The van der Waals surface area contributed by atoms with Gasteiger partial charge in [0.05, 0.1) is 0 Å². The van der Waals surface area contributed by atoms with Gasteiger partial charge in [0.1, 0.15) is 0 Å². The molecular formula is C8H12O4. The van der Waals surface area contributed by atoms with Crippen LogP contribution in [0.25, 0.3) is 0 Å². The molecule has 0 fully saturated rings. The van der Waals surface area contributed by atoms with Crippen LogP contribution in [0, 0.1) is 5.92 Å². The van der Waals surface area contributed by atoms with Crippen LogP contribution in [0.4, 0.5) is 0 Å². The predicted molar refractivity (Wildman–Crippen MR) is 42.8 cm³/mol. The SMILES string of the molecule is CC=CCCC(C(=O)O)C(=O)O. The highest BCUT2D eigenvalue weighted by Crippen LogP contribution is 2.07. The molecule has 0 aliphatic rings. The first-order valence-corrected chi connectivity index (χ1v) is 3.66. The van der Waals surface area contributed by atoms with Crippen molar-refractivity contribution < 1.29 is 19.8 Å². The third kappa shape index (κ3) is 3.75. The molecule has 0 aromatic heterocycles. The number of carbonyl (C=O) groups is 2. The largest absolute Gasteiger partial charge is 0.481 e. The van der Waals surface area contributed by atoms with E-state index in [0.29, 0.717) is 6.42 Å². The quantitative estimate of drug-likeness (QED) is 0.481. The molecule has 0 aromatic carbocycles. The van der Waals surface area contributed by atoms with E-state index < -0.39 is 17.9 Å². The first kappa shape index (κ1) is 10.7. The van der Waals surface area contributed by atoms with Crippen molar-refractivity contribution in [3.05, 3.63) is 12.2 Å². The normalized spacial score (nSPS) is 10.8. The van der Waals surface area contributed by atoms with Crippen LogP contribution in [0.3, 0.4) is 0 Å². The average molecular weight is 172 g/mol. The molecule has 0 rings (SSSR count). The Hall–Kier alpha value is -1.32. The predicted octanol–water partition coefficient (Wildman–Crippen LogP) is 1.13. The van der Waals surface area contributed by atoms with Gasteiger partial charge in [-0.2, -0.15) is 0 Å². The highest BCUT2D eigenvalue weighted by atomic mass is 16.4. The molecule has 0 heterocycles. The molecule has 0 radical (unpaired) electrons. The van der Waals surface area contributed by atoms with E-state index in [9.17, 15) is 9.59 Å². The van der Waals surface area contributed by atoms with Crippen LogP contribution in [0.2, 0.25) is 0 Å². The number of hydrogen-bond acceptors (Lipinski definition) is 2. The smallest absolute Gasteiger partial charge is 0.317 e. The lowest BCUT2D eigenvalue weighted by atomic mass is 10.0. The molecule has 4 nitrogen and oxygen atoms in total. The maximum atomic E-state index is 10.3. The fourth-order valence-corrected chi connectivity index (χ4v) is 0.782. The second kappa shape index (κ2) is 5.35. The van der Waals surface area contributed by atoms with Crippen molar-refractivity contribution in [3.63, 3.8) is 0 Å². The van der Waals surface area contributed by atoms with Crippen LogP contribution in [0.5, 0.6) is 0 Å². The van der Waals surface area contributed by atoms with Crippen LogP contribution in [0.15, 0.2) is 12.2 Å². The summed E-state index contributed by atoms with van der Waals surface area (Å²) in [7, 11) is 0. The van der Waals surface area contributed by atoms with Crippen LogP contribution in [0.1, 0.15) is 19.8 Å². The lowest BCUT2D eigenvalue weighted by Gasteiger charge is -2.03. The van der Waals surface area contributed by atoms with E-state index >= 15 is 0 Å². The van der Waals surface area contributed by atoms with Crippen molar-refractivity contribution >= 4 is 11.9 Å². The fraction of sp³-hybridized carbons (Fsp3) is 0.500. The summed E-state index contributed by atoms with van der Waals surface area (Å²) in [6.07, 6.45) is 4.15. The Balaban J connectivity index is 3.97. The van der Waals surface area contributed by atoms with Gasteiger partial charge in [-0.15, -0.1) is 0 Å². The van der Waals surface area contributed by atoms with Crippen LogP contribution >= 0.6 is 0 Å². The van der Waals surface area contributed by atoms with Crippen molar-refractivity contribution in [2.45, 2.75) is 19.8 Å². The Bertz CT molecular complexity index is 181. The van der Waals surface area contributed by atoms with E-state index in [-0.39, 0.29) is 6.42 Å². The van der Waals surface area contributed by atoms with Gasteiger partial charge in [0, 0.05) is 0 Å². The third-order valence-corrected chi connectivity index (χ3v) is 1.45. The first-order chi connectivity index (χ1) is 5.59. The summed E-state index contributed by atoms with van der Waals surface area (Å²) in [5.74, 6) is -3.82. The van der Waals surface area contributed by atoms with E-state index in [1.807, 2.05) is 0 Å². The summed E-state index contributed by atoms with van der Waals surface area (Å²) >= 11 is 0. The summed E-state index contributed by atoms with van der Waals surface area (Å²) in [6, 6.07) is 0. The molecule has 0 bridgehead atoms. The van der Waals surface area contributed by atoms with Gasteiger partial charge in [0.25, 0.3) is 0 Å². The van der Waals surface area contributed by atoms with E-state index in [1.165, 1.54) is 0 Å². The molecule has 0 spiro atoms. The van der Waals surface area contributed by atoms with Crippen molar-refractivity contribution in [1.29, 1.82) is 0 Å². The number of allylic oxidation sites excluding steroid dienone is 2. The minimum atomic E-state index is -1.28. The molecule has 0 atom stereocenters. The molecule has 0 amide bonds. The summed E-state index contributed by atoms with van der Waals surface area (Å²) in [6.45, 7) is 1.80. The Morgan fingerprint density at radius 2 is 1.83 bits per heavy atom. The lowest BCUT2D eigenvalue weighted by Crippen LogP contribution is -2.22. The van der Waals surface area contributed by atoms with E-state index in [4.69, 9.17) is 10.2 Å². The van der Waals surface area contributed by atoms with Crippen LogP contribution in [-0.4, -0.2) is 22.2 Å². The van der Waals surface area contributed by atoms with Gasteiger partial charge < -0.3 is 10.2 Å². The maximum Gasteiger partial charge on any atom is 0.317 e. The van der Waals surface area contributed by atoms with Gasteiger partial charge in [0.2, 0.25) is 0 Å². The molecule has 68 valence electrons. The van der Waals surface area contributed by atoms with E-state index in [0.717, 1.165) is 0 Å². The van der Waals surface area contributed by atoms with Crippen molar-refractivity contribution in [2.24, 2.45) is 5.92 Å². The molecule has 0 unspecified atom stereocenters. The highest BCUT2D eigenvalue weighted by Gasteiger charge is 2.24. The fourth-order valence-electron chi connectivity index (χ4n) is 0.782. The Morgan fingerprint density at radius 1 is 1.33 bits per heavy atom. The summed E-state index contributed by atoms with van der Waals surface area (Å²) in [4.78, 5) is 20.7. The Labute approximate surface area is 70.5 Å². The first-order valence-electron chi connectivity index (χ1n) is 3.66. The second-order valence-electron chi connectivity index (χ2n) is 2.38. The summed E-state index contributed by atoms with van der Waals surface area (Å²) in [5.41, 5.74) is 0. The van der Waals surface area contributed by atoms with Crippen molar-refractivity contribution in [2.75, 3.05) is 0 Å². The maximum absolute atomic E-state index is 10.3. The monoisotopic (exact) mass is 172 g/mol. The zero-order valence-corrected chi connectivity index (χ0v) is 6.86. The topological polar surface area (TPSA) is 74.6 Å². The van der Waals surface area contributed by atoms with Crippen LogP contribution < -0.4 is 0 Å². The van der Waals surface area contributed by atoms with Gasteiger partial charge in [-0.3, -0.25) is 9.59 Å². The summed E-state index contributed by atoms with van der Waals surface area (Å²) in [5, 5.41) is 16.9. The van der Waals surface area contributed by atoms with E-state index in [2.05, 4.69) is 0 Å². The number of aliphatic carboxylic acids is 2. The highest BCUT2D eigenvalue weighted by molar-refractivity contribution is 5.92. The van der Waals surface area contributed by atoms with Gasteiger partial charge in [0.15, 0.2) is 5.92 Å². The molecule has 0 saturated heterocycles. The number of rotatable bonds is 5. The van der Waals surface area contributed by atoms with Crippen LogP contribution in [-0.2, 0) is 9.59 Å².